The molecule has 2 aromatic carbocycles. The van der Waals surface area contributed by atoms with E-state index in [1.807, 2.05) is 0 Å². The molecule has 186 valence electrons. The minimum Gasteiger partial charge on any atom is -0.382 e. The van der Waals surface area contributed by atoms with Crippen LogP contribution in [0.1, 0.15) is 21.0 Å². The van der Waals surface area contributed by atoms with Gasteiger partial charge in [-0.3, -0.25) is 9.59 Å². The summed E-state index contributed by atoms with van der Waals surface area (Å²) < 4.78 is 2.43. The Kier molecular flexibility index (Phi) is 7.50. The van der Waals surface area contributed by atoms with Gasteiger partial charge in [-0.05, 0) is 36.4 Å². The number of nitrogens with one attached hydrogen (secondary N) is 2. The minimum atomic E-state index is -0.596. The molecule has 12 nitrogen and oxygen atoms in total. The fourth-order valence-corrected chi connectivity index (χ4v) is 4.06. The molecule has 0 fully saturated rings. The standard InChI is InChI=1S/C20H16Cl4N10O2/c21-9-1-3-13(11(23)7-9)33-17(25)15(29-31-33)19(35)27-5-6-28-20(36)16-18(26)34(32-30-16)14-4-2-10(22)8-12(14)24/h1-4,7-8H,5-6,25-26H2,(H,27,35)(H,28,36). The van der Waals surface area contributed by atoms with Gasteiger partial charge in [0, 0.05) is 23.1 Å². The number of nitrogens with zero attached hydrogens (tertiary/aromatic N) is 6. The summed E-state index contributed by atoms with van der Waals surface area (Å²) in [7, 11) is 0. The van der Waals surface area contributed by atoms with Gasteiger partial charge in [0.15, 0.2) is 23.0 Å². The van der Waals surface area contributed by atoms with Gasteiger partial charge in [-0.2, -0.15) is 9.36 Å². The summed E-state index contributed by atoms with van der Waals surface area (Å²) in [5.41, 5.74) is 12.6. The van der Waals surface area contributed by atoms with Crippen molar-refractivity contribution in [1.29, 1.82) is 0 Å². The van der Waals surface area contributed by atoms with Crippen LogP contribution in [0.4, 0.5) is 11.6 Å². The molecular formula is C20H16Cl4N10O2. The van der Waals surface area contributed by atoms with Gasteiger partial charge in [-0.25, -0.2) is 0 Å². The molecular weight excluding hydrogens is 554 g/mol. The highest BCUT2D eigenvalue weighted by Crippen LogP contribution is 2.27. The molecule has 0 aliphatic heterocycles. The number of anilines is 2. The third-order valence-electron chi connectivity index (χ3n) is 4.81. The fourth-order valence-electron chi connectivity index (χ4n) is 3.08. The van der Waals surface area contributed by atoms with Gasteiger partial charge in [0.2, 0.25) is 0 Å². The normalized spacial score (nSPS) is 10.9. The lowest BCUT2D eigenvalue weighted by Gasteiger charge is -2.08. The van der Waals surface area contributed by atoms with Crippen LogP contribution >= 0.6 is 46.4 Å². The maximum Gasteiger partial charge on any atom is 0.275 e. The number of aromatic nitrogens is 6. The highest BCUT2D eigenvalue weighted by Gasteiger charge is 2.21. The van der Waals surface area contributed by atoms with Crippen LogP contribution < -0.4 is 22.1 Å². The number of carbonyl (C=O) groups is 2. The van der Waals surface area contributed by atoms with Gasteiger partial charge in [-0.15, -0.1) is 10.2 Å². The largest absolute Gasteiger partial charge is 0.382 e. The summed E-state index contributed by atoms with van der Waals surface area (Å²) in [5, 5.41) is 22.0. The summed E-state index contributed by atoms with van der Waals surface area (Å²) in [6.07, 6.45) is 0. The predicted molar refractivity (Wildman–Crippen MR) is 136 cm³/mol. The molecule has 0 atom stereocenters. The molecule has 0 radical (unpaired) electrons. The van der Waals surface area contributed by atoms with Crippen molar-refractivity contribution in [3.05, 3.63) is 67.9 Å². The summed E-state index contributed by atoms with van der Waals surface area (Å²) >= 11 is 24.1. The fraction of sp³-hybridized carbons (Fsp3) is 0.100. The summed E-state index contributed by atoms with van der Waals surface area (Å²) in [6.45, 7) is 0.102. The number of hydrogen-bond acceptors (Lipinski definition) is 8. The summed E-state index contributed by atoms with van der Waals surface area (Å²) in [6, 6.07) is 9.41. The Hall–Kier alpha value is -3.58. The number of hydrogen-bond donors (Lipinski definition) is 4. The SMILES string of the molecule is Nc1c(C(=O)NCCNC(=O)c2nnn(-c3ccc(Cl)cc3Cl)c2N)nnn1-c1ccc(Cl)cc1Cl. The lowest BCUT2D eigenvalue weighted by Crippen LogP contribution is -2.35. The molecule has 36 heavy (non-hydrogen) atoms. The first-order valence-corrected chi connectivity index (χ1v) is 11.6. The highest BCUT2D eigenvalue weighted by atomic mass is 35.5. The molecule has 0 saturated carbocycles. The van der Waals surface area contributed by atoms with Crippen molar-refractivity contribution in [2.24, 2.45) is 0 Å². The number of benzene rings is 2. The first-order chi connectivity index (χ1) is 17.2. The average Bonchev–Trinajstić information content (AvgIpc) is 3.39. The van der Waals surface area contributed by atoms with Crippen LogP contribution in [0.5, 0.6) is 0 Å². The van der Waals surface area contributed by atoms with E-state index in [-0.39, 0.29) is 46.2 Å². The van der Waals surface area contributed by atoms with E-state index in [1.165, 1.54) is 21.5 Å². The Morgan fingerprint density at radius 3 is 1.47 bits per heavy atom. The molecule has 0 spiro atoms. The maximum atomic E-state index is 12.5. The smallest absolute Gasteiger partial charge is 0.275 e. The first kappa shape index (κ1) is 25.5. The Labute approximate surface area is 223 Å². The van der Waals surface area contributed by atoms with Crippen molar-refractivity contribution in [2.45, 2.75) is 0 Å². The third kappa shape index (κ3) is 5.16. The molecule has 0 unspecified atom stereocenters. The second-order valence-corrected chi connectivity index (χ2v) is 8.86. The van der Waals surface area contributed by atoms with E-state index in [0.717, 1.165) is 0 Å². The van der Waals surface area contributed by atoms with Gasteiger partial charge in [0.25, 0.3) is 11.8 Å². The van der Waals surface area contributed by atoms with Crippen molar-refractivity contribution < 1.29 is 9.59 Å². The Morgan fingerprint density at radius 1 is 0.722 bits per heavy atom. The van der Waals surface area contributed by atoms with Gasteiger partial charge >= 0.3 is 0 Å². The van der Waals surface area contributed by atoms with Crippen LogP contribution in [-0.2, 0) is 0 Å². The van der Waals surface area contributed by atoms with Crippen molar-refractivity contribution in [3.8, 4) is 11.4 Å². The number of rotatable bonds is 7. The Balaban J connectivity index is 1.35. The molecule has 4 rings (SSSR count). The Morgan fingerprint density at radius 2 is 1.11 bits per heavy atom. The lowest BCUT2D eigenvalue weighted by atomic mass is 10.3. The van der Waals surface area contributed by atoms with Gasteiger partial charge in [0.05, 0.1) is 21.4 Å². The number of carbonyl (C=O) groups excluding carboxylic acids is 2. The van der Waals surface area contributed by atoms with E-state index in [4.69, 9.17) is 57.9 Å². The van der Waals surface area contributed by atoms with Crippen LogP contribution in [0, 0.1) is 0 Å². The number of nitrogens with two attached hydrogens (primary N) is 2. The van der Waals surface area contributed by atoms with Crippen LogP contribution in [0.2, 0.25) is 20.1 Å². The van der Waals surface area contributed by atoms with Crippen molar-refractivity contribution in [1.82, 2.24) is 40.6 Å². The minimum absolute atomic E-state index is 0.0222. The number of amides is 2. The van der Waals surface area contributed by atoms with Gasteiger partial charge in [0.1, 0.15) is 0 Å². The monoisotopic (exact) mass is 568 g/mol. The van der Waals surface area contributed by atoms with E-state index >= 15 is 0 Å². The second-order valence-electron chi connectivity index (χ2n) is 7.17. The number of halogens is 4. The molecule has 0 aliphatic carbocycles. The zero-order valence-corrected chi connectivity index (χ0v) is 21.1. The summed E-state index contributed by atoms with van der Waals surface area (Å²) in [4.78, 5) is 25.0. The molecule has 0 aliphatic rings. The molecule has 16 heteroatoms. The van der Waals surface area contributed by atoms with Crippen LogP contribution in [0.15, 0.2) is 36.4 Å². The molecule has 2 amide bonds. The quantitative estimate of drug-likeness (QED) is 0.246. The van der Waals surface area contributed by atoms with Crippen molar-refractivity contribution in [3.63, 3.8) is 0 Å². The van der Waals surface area contributed by atoms with Gasteiger partial charge < -0.3 is 22.1 Å². The van der Waals surface area contributed by atoms with Crippen molar-refractivity contribution in [2.75, 3.05) is 24.6 Å². The topological polar surface area (TPSA) is 172 Å². The molecule has 4 aromatic rings. The molecule has 6 N–H and O–H groups in total. The molecule has 2 aromatic heterocycles. The lowest BCUT2D eigenvalue weighted by molar-refractivity contribution is 0.0923. The van der Waals surface area contributed by atoms with Gasteiger partial charge in [-0.1, -0.05) is 56.8 Å². The summed E-state index contributed by atoms with van der Waals surface area (Å²) in [5.74, 6) is -1.24. The number of nitrogen functional groups attached to an aromatic ring is 2. The first-order valence-electron chi connectivity index (χ1n) is 10.1. The highest BCUT2D eigenvalue weighted by molar-refractivity contribution is 6.36. The van der Waals surface area contributed by atoms with Crippen LogP contribution in [-0.4, -0.2) is 54.9 Å². The van der Waals surface area contributed by atoms with Crippen molar-refractivity contribution >= 4 is 69.9 Å². The van der Waals surface area contributed by atoms with E-state index in [2.05, 4.69) is 31.3 Å². The van der Waals surface area contributed by atoms with E-state index in [0.29, 0.717) is 21.4 Å². The van der Waals surface area contributed by atoms with E-state index in [9.17, 15) is 9.59 Å². The predicted octanol–water partition coefficient (Wildman–Crippen LogP) is 2.79. The average molecular weight is 570 g/mol. The third-order valence-corrected chi connectivity index (χ3v) is 5.89. The van der Waals surface area contributed by atoms with E-state index in [1.54, 1.807) is 24.3 Å². The second kappa shape index (κ2) is 10.6. The van der Waals surface area contributed by atoms with Crippen LogP contribution in [0.25, 0.3) is 11.4 Å². The molecule has 2 heterocycles. The van der Waals surface area contributed by atoms with E-state index < -0.39 is 11.8 Å². The molecule has 0 saturated heterocycles. The Bertz CT molecular complexity index is 1360. The zero-order chi connectivity index (χ0) is 26.0. The zero-order valence-electron chi connectivity index (χ0n) is 18.0. The molecule has 0 bridgehead atoms. The maximum absolute atomic E-state index is 12.5. The van der Waals surface area contributed by atoms with Crippen LogP contribution in [0.3, 0.4) is 0 Å².